The maximum Gasteiger partial charge on any atom is 0.302 e. The third-order valence-corrected chi connectivity index (χ3v) is 10.4. The van der Waals surface area contributed by atoms with Crippen molar-refractivity contribution in [3.05, 3.63) is 11.6 Å². The van der Waals surface area contributed by atoms with Crippen LogP contribution in [-0.4, -0.2) is 23.2 Å². The first-order chi connectivity index (χ1) is 16.3. The SMILES string of the molecule is CCC1C2C(CC[C@]1(C)[C@H](C)OC(C)=O)[C@H]1CCC(=O)C=C1C[C@H]2CCCCCCCCCBr. The molecule has 2 fully saturated rings. The number of hydrogen-bond donors (Lipinski definition) is 0. The lowest BCUT2D eigenvalue weighted by atomic mass is 9.47. The van der Waals surface area contributed by atoms with Crippen LogP contribution in [0.3, 0.4) is 0 Å². The number of carbonyl (C=O) groups is 2. The molecule has 3 rings (SSSR count). The van der Waals surface area contributed by atoms with Crippen molar-refractivity contribution in [3.63, 3.8) is 0 Å². The normalized spacial score (nSPS) is 34.1. The Hall–Kier alpha value is -0.640. The fraction of sp³-hybridized carbons (Fsp3) is 0.867. The summed E-state index contributed by atoms with van der Waals surface area (Å²) >= 11 is 3.53. The van der Waals surface area contributed by atoms with Crippen LogP contribution in [0.4, 0.5) is 0 Å². The number of fused-ring (bicyclic) bond motifs is 3. The summed E-state index contributed by atoms with van der Waals surface area (Å²) < 4.78 is 5.82. The quantitative estimate of drug-likeness (QED) is 0.143. The van der Waals surface area contributed by atoms with Crippen molar-refractivity contribution in [2.75, 3.05) is 5.33 Å². The van der Waals surface area contributed by atoms with Crippen LogP contribution in [0.5, 0.6) is 0 Å². The molecule has 3 unspecified atom stereocenters. The number of rotatable bonds is 12. The molecule has 2 saturated carbocycles. The van der Waals surface area contributed by atoms with Crippen LogP contribution in [-0.2, 0) is 14.3 Å². The van der Waals surface area contributed by atoms with Crippen LogP contribution < -0.4 is 0 Å². The number of alkyl halides is 1. The van der Waals surface area contributed by atoms with Gasteiger partial charge in [-0.05, 0) is 81.1 Å². The standard InChI is InChI=1S/C30H49BrO3/c1-5-28-29-23(13-11-9-7-6-8-10-12-18-31)19-24-20-25(33)14-15-26(24)27(29)16-17-30(28,4)21(2)34-22(3)32/h20-21,23,26-29H,5-19H2,1-4H3/t21-,23+,26-,27?,28?,29?,30+/m0/s1. The molecule has 0 aliphatic heterocycles. The van der Waals surface area contributed by atoms with Gasteiger partial charge >= 0.3 is 5.97 Å². The summed E-state index contributed by atoms with van der Waals surface area (Å²) in [7, 11) is 0. The van der Waals surface area contributed by atoms with Gasteiger partial charge < -0.3 is 4.74 Å². The molecule has 3 aliphatic rings. The van der Waals surface area contributed by atoms with Crippen molar-refractivity contribution < 1.29 is 14.3 Å². The highest BCUT2D eigenvalue weighted by atomic mass is 79.9. The van der Waals surface area contributed by atoms with Gasteiger partial charge in [0.25, 0.3) is 0 Å². The zero-order valence-electron chi connectivity index (χ0n) is 22.3. The number of allylic oxidation sites excluding steroid dienone is 2. The Morgan fingerprint density at radius 1 is 1.15 bits per heavy atom. The van der Waals surface area contributed by atoms with E-state index >= 15 is 0 Å². The first-order valence-corrected chi connectivity index (χ1v) is 15.4. The second-order valence-electron chi connectivity index (χ2n) is 11.8. The largest absolute Gasteiger partial charge is 0.462 e. The molecule has 0 aromatic rings. The van der Waals surface area contributed by atoms with Crippen LogP contribution in [0.25, 0.3) is 0 Å². The maximum atomic E-state index is 12.3. The summed E-state index contributed by atoms with van der Waals surface area (Å²) in [4.78, 5) is 24.1. The Labute approximate surface area is 217 Å². The maximum absolute atomic E-state index is 12.3. The molecule has 0 heterocycles. The molecule has 0 aromatic heterocycles. The highest BCUT2D eigenvalue weighted by molar-refractivity contribution is 9.09. The highest BCUT2D eigenvalue weighted by Crippen LogP contribution is 2.61. The monoisotopic (exact) mass is 536 g/mol. The smallest absolute Gasteiger partial charge is 0.302 e. The Bertz CT molecular complexity index is 716. The minimum Gasteiger partial charge on any atom is -0.462 e. The second-order valence-corrected chi connectivity index (χ2v) is 12.6. The van der Waals surface area contributed by atoms with Gasteiger partial charge in [-0.15, -0.1) is 0 Å². The first-order valence-electron chi connectivity index (χ1n) is 14.3. The first kappa shape index (κ1) is 27.9. The lowest BCUT2D eigenvalue weighted by Crippen LogP contribution is -2.54. The zero-order valence-corrected chi connectivity index (χ0v) is 23.8. The van der Waals surface area contributed by atoms with E-state index in [0.717, 1.165) is 37.4 Å². The van der Waals surface area contributed by atoms with E-state index in [2.05, 4.69) is 36.7 Å². The van der Waals surface area contributed by atoms with E-state index in [-0.39, 0.29) is 17.5 Å². The number of carbonyl (C=O) groups excluding carboxylic acids is 2. The summed E-state index contributed by atoms with van der Waals surface area (Å²) in [6.45, 7) is 8.42. The van der Waals surface area contributed by atoms with E-state index in [1.54, 1.807) is 6.92 Å². The van der Waals surface area contributed by atoms with Gasteiger partial charge in [-0.2, -0.15) is 0 Å². The molecule has 7 atom stereocenters. The fourth-order valence-corrected chi connectivity index (χ4v) is 8.45. The molecule has 0 N–H and O–H groups in total. The Morgan fingerprint density at radius 3 is 2.47 bits per heavy atom. The molecule has 0 spiro atoms. The molecule has 34 heavy (non-hydrogen) atoms. The minimum absolute atomic E-state index is 0.0408. The molecule has 0 bridgehead atoms. The lowest BCUT2D eigenvalue weighted by Gasteiger charge is -2.58. The van der Waals surface area contributed by atoms with Gasteiger partial charge in [0.2, 0.25) is 0 Å². The van der Waals surface area contributed by atoms with Gasteiger partial charge in [0.05, 0.1) is 0 Å². The van der Waals surface area contributed by atoms with Crippen LogP contribution in [0, 0.1) is 35.0 Å². The van der Waals surface area contributed by atoms with Gasteiger partial charge in [-0.1, -0.05) is 80.3 Å². The topological polar surface area (TPSA) is 43.4 Å². The van der Waals surface area contributed by atoms with Gasteiger partial charge in [0.1, 0.15) is 6.10 Å². The van der Waals surface area contributed by atoms with Crippen molar-refractivity contribution in [1.29, 1.82) is 0 Å². The highest BCUT2D eigenvalue weighted by Gasteiger charge is 2.55. The van der Waals surface area contributed by atoms with Gasteiger partial charge in [0.15, 0.2) is 5.78 Å². The molecule has 0 saturated heterocycles. The van der Waals surface area contributed by atoms with Crippen LogP contribution in [0.1, 0.15) is 118 Å². The zero-order chi connectivity index (χ0) is 24.7. The van der Waals surface area contributed by atoms with E-state index < -0.39 is 0 Å². The van der Waals surface area contributed by atoms with Crippen molar-refractivity contribution in [2.45, 2.75) is 124 Å². The number of hydrogen-bond acceptors (Lipinski definition) is 3. The number of unbranched alkanes of at least 4 members (excludes halogenated alkanes) is 6. The van der Waals surface area contributed by atoms with E-state index in [1.165, 1.54) is 63.4 Å². The van der Waals surface area contributed by atoms with Crippen molar-refractivity contribution in [1.82, 2.24) is 0 Å². The summed E-state index contributed by atoms with van der Waals surface area (Å²) in [6.07, 6.45) is 19.0. The average Bonchev–Trinajstić information content (AvgIpc) is 2.79. The molecular formula is C30H49BrO3. The molecule has 0 radical (unpaired) electrons. The van der Waals surface area contributed by atoms with Crippen molar-refractivity contribution in [2.24, 2.45) is 35.0 Å². The Balaban J connectivity index is 1.73. The summed E-state index contributed by atoms with van der Waals surface area (Å²) in [5.74, 6) is 3.44. The number of halogens is 1. The molecule has 3 aliphatic carbocycles. The van der Waals surface area contributed by atoms with Gasteiger partial charge in [0, 0.05) is 24.1 Å². The molecule has 0 amide bonds. The van der Waals surface area contributed by atoms with Gasteiger partial charge in [-0.3, -0.25) is 9.59 Å². The molecule has 3 nitrogen and oxygen atoms in total. The number of ether oxygens (including phenoxy) is 1. The Kier molecular flexibility index (Phi) is 10.7. The van der Waals surface area contributed by atoms with E-state index in [9.17, 15) is 9.59 Å². The summed E-state index contributed by atoms with van der Waals surface area (Å²) in [6, 6.07) is 0. The second kappa shape index (κ2) is 13.1. The number of esters is 1. The molecule has 194 valence electrons. The Morgan fingerprint density at radius 2 is 1.82 bits per heavy atom. The van der Waals surface area contributed by atoms with E-state index in [4.69, 9.17) is 4.74 Å². The predicted octanol–water partition coefficient (Wildman–Crippen LogP) is 8.44. The van der Waals surface area contributed by atoms with E-state index in [0.29, 0.717) is 35.4 Å². The van der Waals surface area contributed by atoms with Crippen LogP contribution >= 0.6 is 15.9 Å². The average molecular weight is 538 g/mol. The van der Waals surface area contributed by atoms with Gasteiger partial charge in [-0.25, -0.2) is 0 Å². The lowest BCUT2D eigenvalue weighted by molar-refractivity contribution is -0.164. The summed E-state index contributed by atoms with van der Waals surface area (Å²) in [5.41, 5.74) is 1.52. The summed E-state index contributed by atoms with van der Waals surface area (Å²) in [5, 5.41) is 1.13. The predicted molar refractivity (Wildman–Crippen MR) is 144 cm³/mol. The third-order valence-electron chi connectivity index (χ3n) is 9.83. The van der Waals surface area contributed by atoms with Crippen LogP contribution in [0.2, 0.25) is 0 Å². The van der Waals surface area contributed by atoms with Crippen molar-refractivity contribution >= 4 is 27.7 Å². The fourth-order valence-electron chi connectivity index (χ4n) is 8.05. The van der Waals surface area contributed by atoms with E-state index in [1.807, 2.05) is 6.08 Å². The molecule has 4 heteroatoms. The van der Waals surface area contributed by atoms with Crippen molar-refractivity contribution in [3.8, 4) is 0 Å². The third kappa shape index (κ3) is 6.56. The minimum atomic E-state index is -0.155. The number of ketones is 1. The molecular weight excluding hydrogens is 488 g/mol. The van der Waals surface area contributed by atoms with Crippen LogP contribution in [0.15, 0.2) is 11.6 Å². The molecule has 0 aromatic carbocycles.